The number of benzene rings is 1. The van der Waals surface area contributed by atoms with Gasteiger partial charge in [0.1, 0.15) is 5.82 Å². The molecular weight excluding hydrogens is 343 g/mol. The number of hydrogen-bond donors (Lipinski definition) is 1. The predicted molar refractivity (Wildman–Crippen MR) is 92.9 cm³/mol. The summed E-state index contributed by atoms with van der Waals surface area (Å²) in [5.41, 5.74) is 0.0455. The zero-order chi connectivity index (χ0) is 18.1. The molecular formula is C18H16F3N5. The molecule has 0 radical (unpaired) electrons. The van der Waals surface area contributed by atoms with Gasteiger partial charge in [0.05, 0.1) is 10.9 Å². The Balaban J connectivity index is 1.67. The molecule has 0 saturated carbocycles. The third kappa shape index (κ3) is 3.14. The van der Waals surface area contributed by atoms with Gasteiger partial charge in [-0.3, -0.25) is 0 Å². The molecule has 0 bridgehead atoms. The first-order chi connectivity index (χ1) is 12.5. The molecule has 8 heteroatoms. The minimum absolute atomic E-state index is 0.0101. The molecule has 1 aliphatic rings. The van der Waals surface area contributed by atoms with E-state index >= 15 is 0 Å². The van der Waals surface area contributed by atoms with Crippen molar-refractivity contribution in [3.63, 3.8) is 0 Å². The molecule has 5 nitrogen and oxygen atoms in total. The molecule has 4 rings (SSSR count). The summed E-state index contributed by atoms with van der Waals surface area (Å²) in [5, 5.41) is 3.72. The van der Waals surface area contributed by atoms with Crippen LogP contribution in [-0.2, 0) is 12.7 Å². The second-order valence-electron chi connectivity index (χ2n) is 6.10. The van der Waals surface area contributed by atoms with Gasteiger partial charge in [0.2, 0.25) is 5.95 Å². The Labute approximate surface area is 147 Å². The number of rotatable bonds is 4. The van der Waals surface area contributed by atoms with Gasteiger partial charge in [0.25, 0.3) is 0 Å². The van der Waals surface area contributed by atoms with Crippen LogP contribution in [0.4, 0.5) is 24.9 Å². The molecule has 0 aliphatic carbocycles. The van der Waals surface area contributed by atoms with Crippen molar-refractivity contribution >= 4 is 22.8 Å². The quantitative estimate of drug-likeness (QED) is 0.766. The van der Waals surface area contributed by atoms with Gasteiger partial charge in [-0.1, -0.05) is 18.2 Å². The van der Waals surface area contributed by atoms with Gasteiger partial charge in [0.15, 0.2) is 5.65 Å². The summed E-state index contributed by atoms with van der Waals surface area (Å²) in [6.45, 7) is 1.75. The summed E-state index contributed by atoms with van der Waals surface area (Å²) in [7, 11) is 0. The van der Waals surface area contributed by atoms with E-state index < -0.39 is 11.7 Å². The SMILES string of the molecule is FC(F)(F)c1ccccc1CNc1nc(N2CCC2)nc2ncccc12. The highest BCUT2D eigenvalue weighted by atomic mass is 19.4. The van der Waals surface area contributed by atoms with Crippen LogP contribution >= 0.6 is 0 Å². The van der Waals surface area contributed by atoms with Crippen molar-refractivity contribution in [2.24, 2.45) is 0 Å². The number of hydrogen-bond acceptors (Lipinski definition) is 5. The smallest absolute Gasteiger partial charge is 0.365 e. The number of pyridine rings is 1. The zero-order valence-corrected chi connectivity index (χ0v) is 13.8. The first-order valence-electron chi connectivity index (χ1n) is 8.29. The second kappa shape index (κ2) is 6.44. The van der Waals surface area contributed by atoms with Gasteiger partial charge >= 0.3 is 6.18 Å². The van der Waals surface area contributed by atoms with Gasteiger partial charge < -0.3 is 10.2 Å². The van der Waals surface area contributed by atoms with Crippen molar-refractivity contribution in [3.8, 4) is 0 Å². The van der Waals surface area contributed by atoms with E-state index in [0.717, 1.165) is 25.6 Å². The predicted octanol–water partition coefficient (Wildman–Crippen LogP) is 3.87. The van der Waals surface area contributed by atoms with Crippen LogP contribution in [0.3, 0.4) is 0 Å². The van der Waals surface area contributed by atoms with Crippen molar-refractivity contribution in [1.82, 2.24) is 15.0 Å². The molecule has 1 N–H and O–H groups in total. The van der Waals surface area contributed by atoms with Crippen LogP contribution in [0.5, 0.6) is 0 Å². The fourth-order valence-corrected chi connectivity index (χ4v) is 2.87. The maximum atomic E-state index is 13.2. The van der Waals surface area contributed by atoms with E-state index in [1.807, 2.05) is 4.90 Å². The number of anilines is 2. The molecule has 2 aromatic heterocycles. The van der Waals surface area contributed by atoms with Crippen molar-refractivity contribution in [1.29, 1.82) is 0 Å². The second-order valence-corrected chi connectivity index (χ2v) is 6.10. The van der Waals surface area contributed by atoms with Crippen molar-refractivity contribution in [2.75, 3.05) is 23.3 Å². The van der Waals surface area contributed by atoms with E-state index in [1.165, 1.54) is 12.1 Å². The number of aromatic nitrogens is 3. The van der Waals surface area contributed by atoms with Crippen molar-refractivity contribution < 1.29 is 13.2 Å². The van der Waals surface area contributed by atoms with Gasteiger partial charge in [-0.15, -0.1) is 0 Å². The lowest BCUT2D eigenvalue weighted by atomic mass is 10.1. The third-order valence-corrected chi connectivity index (χ3v) is 4.37. The topological polar surface area (TPSA) is 53.9 Å². The highest BCUT2D eigenvalue weighted by Crippen LogP contribution is 2.32. The molecule has 26 heavy (non-hydrogen) atoms. The minimum Gasteiger partial charge on any atom is -0.365 e. The molecule has 1 aliphatic heterocycles. The molecule has 1 aromatic carbocycles. The lowest BCUT2D eigenvalue weighted by Gasteiger charge is -2.31. The first-order valence-corrected chi connectivity index (χ1v) is 8.29. The molecule has 0 amide bonds. The first kappa shape index (κ1) is 16.6. The molecule has 3 aromatic rings. The Bertz CT molecular complexity index is 938. The fourth-order valence-electron chi connectivity index (χ4n) is 2.87. The van der Waals surface area contributed by atoms with E-state index in [9.17, 15) is 13.2 Å². The van der Waals surface area contributed by atoms with Crippen LogP contribution in [0.15, 0.2) is 42.6 Å². The normalized spacial score (nSPS) is 14.3. The van der Waals surface area contributed by atoms with Crippen molar-refractivity contribution in [2.45, 2.75) is 19.1 Å². The average molecular weight is 359 g/mol. The Morgan fingerprint density at radius 3 is 2.58 bits per heavy atom. The number of alkyl halides is 3. The molecule has 1 fully saturated rings. The monoisotopic (exact) mass is 359 g/mol. The standard InChI is InChI=1S/C18H16F3N5/c19-18(20,21)14-7-2-1-5-12(14)11-23-16-13-6-3-8-22-15(13)24-17(25-16)26-9-4-10-26/h1-3,5-8H,4,9-11H2,(H,22,23,24,25). The summed E-state index contributed by atoms with van der Waals surface area (Å²) >= 11 is 0. The summed E-state index contributed by atoms with van der Waals surface area (Å²) in [6, 6.07) is 9.09. The van der Waals surface area contributed by atoms with E-state index in [1.54, 1.807) is 24.4 Å². The molecule has 134 valence electrons. The van der Waals surface area contributed by atoms with Gasteiger partial charge in [-0.2, -0.15) is 23.1 Å². The molecule has 0 unspecified atom stereocenters. The van der Waals surface area contributed by atoms with Crippen LogP contribution in [0, 0.1) is 0 Å². The van der Waals surface area contributed by atoms with Crippen LogP contribution < -0.4 is 10.2 Å². The Morgan fingerprint density at radius 1 is 1.04 bits per heavy atom. The van der Waals surface area contributed by atoms with Crippen LogP contribution in [0.1, 0.15) is 17.5 Å². The highest BCUT2D eigenvalue weighted by molar-refractivity contribution is 5.87. The minimum atomic E-state index is -4.39. The fraction of sp³-hybridized carbons (Fsp3) is 0.278. The summed E-state index contributed by atoms with van der Waals surface area (Å²) in [4.78, 5) is 15.2. The molecule has 0 spiro atoms. The van der Waals surface area contributed by atoms with Crippen LogP contribution in [0.2, 0.25) is 0 Å². The van der Waals surface area contributed by atoms with E-state index in [-0.39, 0.29) is 12.1 Å². The van der Waals surface area contributed by atoms with Gasteiger partial charge in [-0.05, 0) is 30.2 Å². The summed E-state index contributed by atoms with van der Waals surface area (Å²) < 4.78 is 39.5. The lowest BCUT2D eigenvalue weighted by Crippen LogP contribution is -2.38. The number of nitrogens with one attached hydrogen (secondary N) is 1. The molecule has 0 atom stereocenters. The number of halogens is 3. The average Bonchev–Trinajstić information content (AvgIpc) is 2.57. The Kier molecular flexibility index (Phi) is 4.10. The third-order valence-electron chi connectivity index (χ3n) is 4.37. The molecule has 1 saturated heterocycles. The summed E-state index contributed by atoms with van der Waals surface area (Å²) in [6.07, 6.45) is -1.68. The lowest BCUT2D eigenvalue weighted by molar-refractivity contribution is -0.138. The maximum Gasteiger partial charge on any atom is 0.416 e. The number of fused-ring (bicyclic) bond motifs is 1. The Hall–Kier alpha value is -2.90. The largest absolute Gasteiger partial charge is 0.416 e. The highest BCUT2D eigenvalue weighted by Gasteiger charge is 2.32. The van der Waals surface area contributed by atoms with Gasteiger partial charge in [-0.25, -0.2) is 4.98 Å². The van der Waals surface area contributed by atoms with Crippen LogP contribution in [-0.4, -0.2) is 28.0 Å². The maximum absolute atomic E-state index is 13.2. The van der Waals surface area contributed by atoms with E-state index in [4.69, 9.17) is 0 Å². The Morgan fingerprint density at radius 2 is 1.85 bits per heavy atom. The van der Waals surface area contributed by atoms with E-state index in [2.05, 4.69) is 20.3 Å². The summed E-state index contributed by atoms with van der Waals surface area (Å²) in [5.74, 6) is 1.04. The van der Waals surface area contributed by atoms with Crippen LogP contribution in [0.25, 0.3) is 11.0 Å². The van der Waals surface area contributed by atoms with E-state index in [0.29, 0.717) is 22.8 Å². The zero-order valence-electron chi connectivity index (χ0n) is 13.8. The van der Waals surface area contributed by atoms with Crippen molar-refractivity contribution in [3.05, 3.63) is 53.7 Å². The van der Waals surface area contributed by atoms with Gasteiger partial charge in [0, 0.05) is 25.8 Å². The number of nitrogens with zero attached hydrogens (tertiary/aromatic N) is 4. The molecule has 3 heterocycles.